The average Bonchev–Trinajstić information content (AvgIpc) is 2.40. The number of halogens is 1. The standard InChI is InChI=1S/C15H24FN3/c1-3-18-7-8-19(11-12(18)2)15(10-17)13-5-4-6-14(16)9-13/h4-6,9,12,15H,3,7-8,10-11,17H2,1-2H3. The fourth-order valence-electron chi connectivity index (χ4n) is 2.99. The van der Waals surface area contributed by atoms with E-state index < -0.39 is 0 Å². The maximum atomic E-state index is 13.4. The molecule has 0 radical (unpaired) electrons. The van der Waals surface area contributed by atoms with E-state index in [1.54, 1.807) is 12.1 Å². The van der Waals surface area contributed by atoms with Crippen LogP contribution in [0.5, 0.6) is 0 Å². The molecule has 3 nitrogen and oxygen atoms in total. The molecule has 1 saturated heterocycles. The third kappa shape index (κ3) is 3.32. The molecule has 4 heteroatoms. The third-order valence-electron chi connectivity index (χ3n) is 4.10. The van der Waals surface area contributed by atoms with Gasteiger partial charge in [-0.05, 0) is 31.2 Å². The van der Waals surface area contributed by atoms with Crippen molar-refractivity contribution < 1.29 is 4.39 Å². The van der Waals surface area contributed by atoms with E-state index in [1.165, 1.54) is 6.07 Å². The molecule has 1 fully saturated rings. The summed E-state index contributed by atoms with van der Waals surface area (Å²) in [6, 6.07) is 7.47. The summed E-state index contributed by atoms with van der Waals surface area (Å²) in [4.78, 5) is 4.85. The second kappa shape index (κ2) is 6.46. The Balaban J connectivity index is 2.10. The van der Waals surface area contributed by atoms with Crippen LogP contribution < -0.4 is 5.73 Å². The summed E-state index contributed by atoms with van der Waals surface area (Å²) in [5, 5.41) is 0. The molecule has 1 aromatic carbocycles. The summed E-state index contributed by atoms with van der Waals surface area (Å²) in [7, 11) is 0. The molecule has 1 aromatic rings. The van der Waals surface area contributed by atoms with Gasteiger partial charge in [0.2, 0.25) is 0 Å². The highest BCUT2D eigenvalue weighted by atomic mass is 19.1. The number of benzene rings is 1. The summed E-state index contributed by atoms with van der Waals surface area (Å²) in [5.74, 6) is -0.184. The van der Waals surface area contributed by atoms with Crippen LogP contribution in [0.1, 0.15) is 25.5 Å². The van der Waals surface area contributed by atoms with E-state index in [9.17, 15) is 4.39 Å². The van der Waals surface area contributed by atoms with Gasteiger partial charge in [-0.2, -0.15) is 0 Å². The smallest absolute Gasteiger partial charge is 0.123 e. The second-order valence-electron chi connectivity index (χ2n) is 5.28. The summed E-state index contributed by atoms with van der Waals surface area (Å²) in [6.45, 7) is 9.10. The highest BCUT2D eigenvalue weighted by Crippen LogP contribution is 2.23. The molecule has 2 atom stereocenters. The molecular formula is C15H24FN3. The SMILES string of the molecule is CCN1CCN(C(CN)c2cccc(F)c2)CC1C. The fraction of sp³-hybridized carbons (Fsp3) is 0.600. The minimum atomic E-state index is -0.184. The highest BCUT2D eigenvalue weighted by Gasteiger charge is 2.27. The molecule has 0 saturated carbocycles. The molecule has 0 aliphatic carbocycles. The topological polar surface area (TPSA) is 32.5 Å². The van der Waals surface area contributed by atoms with Crippen molar-refractivity contribution in [3.63, 3.8) is 0 Å². The van der Waals surface area contributed by atoms with Gasteiger partial charge in [0.15, 0.2) is 0 Å². The number of nitrogens with two attached hydrogens (primary N) is 1. The van der Waals surface area contributed by atoms with E-state index in [-0.39, 0.29) is 11.9 Å². The molecule has 1 aliphatic rings. The molecular weight excluding hydrogens is 241 g/mol. The van der Waals surface area contributed by atoms with Crippen molar-refractivity contribution in [2.75, 3.05) is 32.7 Å². The monoisotopic (exact) mass is 265 g/mol. The number of nitrogens with zero attached hydrogens (tertiary/aromatic N) is 2. The summed E-state index contributed by atoms with van der Waals surface area (Å²) in [5.41, 5.74) is 6.91. The molecule has 0 spiro atoms. The van der Waals surface area contributed by atoms with E-state index in [2.05, 4.69) is 23.6 Å². The average molecular weight is 265 g/mol. The van der Waals surface area contributed by atoms with Gasteiger partial charge in [-0.25, -0.2) is 4.39 Å². The first-order chi connectivity index (χ1) is 9.15. The van der Waals surface area contributed by atoms with Crippen LogP contribution in [0.25, 0.3) is 0 Å². The third-order valence-corrected chi connectivity index (χ3v) is 4.10. The zero-order valence-corrected chi connectivity index (χ0v) is 11.8. The molecule has 1 aliphatic heterocycles. The molecule has 1 heterocycles. The van der Waals surface area contributed by atoms with Crippen LogP contribution in [-0.4, -0.2) is 48.6 Å². The van der Waals surface area contributed by atoms with Crippen LogP contribution in [-0.2, 0) is 0 Å². The number of piperazine rings is 1. The Morgan fingerprint density at radius 3 is 2.79 bits per heavy atom. The molecule has 0 amide bonds. The van der Waals surface area contributed by atoms with Crippen molar-refractivity contribution in [1.82, 2.24) is 9.80 Å². The summed E-state index contributed by atoms with van der Waals surface area (Å²) >= 11 is 0. The molecule has 0 bridgehead atoms. The Labute approximate surface area is 115 Å². The number of likely N-dealkylation sites (N-methyl/N-ethyl adjacent to an activating group) is 1. The van der Waals surface area contributed by atoms with Crippen LogP contribution in [0.4, 0.5) is 4.39 Å². The van der Waals surface area contributed by atoms with Gasteiger partial charge < -0.3 is 5.73 Å². The normalized spacial score (nSPS) is 23.5. The van der Waals surface area contributed by atoms with E-state index in [4.69, 9.17) is 5.73 Å². The Morgan fingerprint density at radius 1 is 1.42 bits per heavy atom. The maximum absolute atomic E-state index is 13.4. The van der Waals surface area contributed by atoms with Gasteiger partial charge in [0.05, 0.1) is 0 Å². The first-order valence-corrected chi connectivity index (χ1v) is 7.09. The first-order valence-electron chi connectivity index (χ1n) is 7.09. The highest BCUT2D eigenvalue weighted by molar-refractivity contribution is 5.21. The van der Waals surface area contributed by atoms with Gasteiger partial charge in [-0.15, -0.1) is 0 Å². The van der Waals surface area contributed by atoms with Gasteiger partial charge in [0.1, 0.15) is 5.82 Å². The van der Waals surface area contributed by atoms with Gasteiger partial charge in [0, 0.05) is 38.3 Å². The molecule has 2 N–H and O–H groups in total. The zero-order chi connectivity index (χ0) is 13.8. The number of rotatable bonds is 4. The molecule has 106 valence electrons. The van der Waals surface area contributed by atoms with E-state index >= 15 is 0 Å². The first kappa shape index (κ1) is 14.4. The lowest BCUT2D eigenvalue weighted by molar-refractivity contribution is 0.0606. The predicted octanol–water partition coefficient (Wildman–Crippen LogP) is 1.85. The van der Waals surface area contributed by atoms with Gasteiger partial charge in [-0.3, -0.25) is 9.80 Å². The van der Waals surface area contributed by atoms with Gasteiger partial charge >= 0.3 is 0 Å². The van der Waals surface area contributed by atoms with E-state index in [1.807, 2.05) is 6.07 Å². The van der Waals surface area contributed by atoms with Crippen LogP contribution in [0.15, 0.2) is 24.3 Å². The van der Waals surface area contributed by atoms with Gasteiger partial charge in [-0.1, -0.05) is 19.1 Å². The minimum absolute atomic E-state index is 0.122. The van der Waals surface area contributed by atoms with Crippen molar-refractivity contribution in [2.24, 2.45) is 5.73 Å². The lowest BCUT2D eigenvalue weighted by Gasteiger charge is -2.42. The Morgan fingerprint density at radius 2 is 2.21 bits per heavy atom. The summed E-state index contributed by atoms with van der Waals surface area (Å²) < 4.78 is 13.4. The Kier molecular flexibility index (Phi) is 4.91. The Bertz CT molecular complexity index is 410. The number of hydrogen-bond donors (Lipinski definition) is 1. The molecule has 19 heavy (non-hydrogen) atoms. The van der Waals surface area contributed by atoms with Crippen molar-refractivity contribution in [2.45, 2.75) is 25.9 Å². The Hall–Kier alpha value is -0.970. The van der Waals surface area contributed by atoms with E-state index in [0.717, 1.165) is 31.7 Å². The zero-order valence-electron chi connectivity index (χ0n) is 11.8. The minimum Gasteiger partial charge on any atom is -0.329 e. The van der Waals surface area contributed by atoms with E-state index in [0.29, 0.717) is 12.6 Å². The molecule has 2 rings (SSSR count). The largest absolute Gasteiger partial charge is 0.329 e. The lowest BCUT2D eigenvalue weighted by atomic mass is 10.0. The van der Waals surface area contributed by atoms with Crippen molar-refractivity contribution in [3.05, 3.63) is 35.6 Å². The van der Waals surface area contributed by atoms with Crippen molar-refractivity contribution in [3.8, 4) is 0 Å². The van der Waals surface area contributed by atoms with Gasteiger partial charge in [0.25, 0.3) is 0 Å². The maximum Gasteiger partial charge on any atom is 0.123 e. The molecule has 0 aromatic heterocycles. The predicted molar refractivity (Wildman–Crippen MR) is 76.5 cm³/mol. The van der Waals surface area contributed by atoms with Crippen LogP contribution in [0, 0.1) is 5.82 Å². The summed E-state index contributed by atoms with van der Waals surface area (Å²) in [6.07, 6.45) is 0. The van der Waals surface area contributed by atoms with Crippen molar-refractivity contribution in [1.29, 1.82) is 0 Å². The van der Waals surface area contributed by atoms with Crippen LogP contribution in [0.3, 0.4) is 0 Å². The fourth-order valence-corrected chi connectivity index (χ4v) is 2.99. The second-order valence-corrected chi connectivity index (χ2v) is 5.28. The molecule has 2 unspecified atom stereocenters. The number of hydrogen-bond acceptors (Lipinski definition) is 3. The van der Waals surface area contributed by atoms with Crippen LogP contribution in [0.2, 0.25) is 0 Å². The van der Waals surface area contributed by atoms with Crippen molar-refractivity contribution >= 4 is 0 Å². The quantitative estimate of drug-likeness (QED) is 0.902. The lowest BCUT2D eigenvalue weighted by Crippen LogP contribution is -2.53. The van der Waals surface area contributed by atoms with Crippen LogP contribution >= 0.6 is 0 Å².